The third-order valence-electron chi connectivity index (χ3n) is 3.50. The Hall–Kier alpha value is -2.86. The summed E-state index contributed by atoms with van der Waals surface area (Å²) in [5.41, 5.74) is 1.73. The van der Waals surface area contributed by atoms with Crippen LogP contribution in [0.1, 0.15) is 5.56 Å². The molecule has 1 amide bonds. The number of rotatable bonds is 4. The topological polar surface area (TPSA) is 59.0 Å². The molecule has 6 heteroatoms. The Morgan fingerprint density at radius 1 is 1.12 bits per heavy atom. The summed E-state index contributed by atoms with van der Waals surface area (Å²) in [5.74, 6) is -0.814. The van der Waals surface area contributed by atoms with Gasteiger partial charge in [0.1, 0.15) is 0 Å². The second-order valence-electron chi connectivity index (χ2n) is 5.24. The Morgan fingerprint density at radius 2 is 1.76 bits per heavy atom. The van der Waals surface area contributed by atoms with Gasteiger partial charge in [-0.3, -0.25) is 9.69 Å². The number of thioether (sulfide) groups is 1. The van der Waals surface area contributed by atoms with Gasteiger partial charge < -0.3 is 4.74 Å². The molecule has 0 saturated carbocycles. The lowest BCUT2D eigenvalue weighted by atomic mass is 10.2. The maximum atomic E-state index is 12.7. The summed E-state index contributed by atoms with van der Waals surface area (Å²) in [4.78, 5) is 30.7. The van der Waals surface area contributed by atoms with E-state index in [0.717, 1.165) is 11.3 Å². The minimum atomic E-state index is -0.559. The van der Waals surface area contributed by atoms with Crippen LogP contribution in [0.5, 0.6) is 0 Å². The molecule has 0 aliphatic carbocycles. The first kappa shape index (κ1) is 17.0. The zero-order chi connectivity index (χ0) is 17.6. The molecule has 0 atom stereocenters. The molecule has 3 rings (SSSR count). The molecule has 2 aromatic carbocycles. The lowest BCUT2D eigenvalue weighted by Gasteiger charge is -2.15. The molecular weight excluding hydrogens is 336 g/mol. The summed E-state index contributed by atoms with van der Waals surface area (Å²) in [5, 5.41) is 0.537. The van der Waals surface area contributed by atoms with Crippen LogP contribution in [0.15, 0.2) is 76.6 Å². The van der Waals surface area contributed by atoms with Gasteiger partial charge in [0.15, 0.2) is 5.17 Å². The van der Waals surface area contributed by atoms with E-state index < -0.39 is 5.97 Å². The van der Waals surface area contributed by atoms with Gasteiger partial charge in [0.25, 0.3) is 5.91 Å². The van der Waals surface area contributed by atoms with Gasteiger partial charge in [-0.1, -0.05) is 48.5 Å². The first-order chi connectivity index (χ1) is 12.2. The van der Waals surface area contributed by atoms with Gasteiger partial charge in [-0.15, -0.1) is 0 Å². The Kier molecular flexibility index (Phi) is 5.30. The van der Waals surface area contributed by atoms with E-state index in [1.54, 1.807) is 4.90 Å². The lowest BCUT2D eigenvalue weighted by Crippen LogP contribution is -2.28. The Labute approximate surface area is 150 Å². The monoisotopic (exact) mass is 352 g/mol. The molecule has 0 bridgehead atoms. The van der Waals surface area contributed by atoms with E-state index in [1.807, 2.05) is 60.7 Å². The third-order valence-corrected chi connectivity index (χ3v) is 4.51. The molecule has 1 aliphatic heterocycles. The second-order valence-corrected chi connectivity index (χ2v) is 6.25. The van der Waals surface area contributed by atoms with Gasteiger partial charge >= 0.3 is 5.97 Å². The van der Waals surface area contributed by atoms with E-state index in [4.69, 9.17) is 0 Å². The lowest BCUT2D eigenvalue weighted by molar-refractivity contribution is -0.135. The maximum absolute atomic E-state index is 12.7. The fourth-order valence-corrected chi connectivity index (χ4v) is 3.23. The standard InChI is InChI=1S/C19H16N2O3S/c1-24-17(22)12-16-18(23)21(13-14-8-4-2-5-9-14)19(25-16)20-15-10-6-3-7-11-15/h2-12H,13H2,1H3. The fourth-order valence-electron chi connectivity index (χ4n) is 2.28. The number of carbonyl (C=O) groups is 2. The number of benzene rings is 2. The van der Waals surface area contributed by atoms with Crippen LogP contribution in [-0.4, -0.2) is 29.1 Å². The molecule has 2 aromatic rings. The van der Waals surface area contributed by atoms with Gasteiger partial charge in [-0.05, 0) is 29.5 Å². The highest BCUT2D eigenvalue weighted by Crippen LogP contribution is 2.33. The van der Waals surface area contributed by atoms with Gasteiger partial charge in [0.2, 0.25) is 0 Å². The van der Waals surface area contributed by atoms with Crippen molar-refractivity contribution in [1.82, 2.24) is 4.90 Å². The zero-order valence-corrected chi connectivity index (χ0v) is 14.4. The Bertz CT molecular complexity index is 832. The summed E-state index contributed by atoms with van der Waals surface area (Å²) < 4.78 is 4.63. The molecule has 1 heterocycles. The van der Waals surface area contributed by atoms with Crippen molar-refractivity contribution in [3.8, 4) is 0 Å². The zero-order valence-electron chi connectivity index (χ0n) is 13.6. The predicted molar refractivity (Wildman–Crippen MR) is 98.2 cm³/mol. The highest BCUT2D eigenvalue weighted by atomic mass is 32.2. The van der Waals surface area contributed by atoms with Crippen LogP contribution in [0.4, 0.5) is 5.69 Å². The van der Waals surface area contributed by atoms with Crippen molar-refractivity contribution in [1.29, 1.82) is 0 Å². The number of para-hydroxylation sites is 1. The second kappa shape index (κ2) is 7.81. The number of ether oxygens (including phenoxy) is 1. The van der Waals surface area contributed by atoms with Gasteiger partial charge in [0.05, 0.1) is 24.2 Å². The predicted octanol–water partition coefficient (Wildman–Crippen LogP) is 3.51. The van der Waals surface area contributed by atoms with Crippen molar-refractivity contribution in [3.63, 3.8) is 0 Å². The normalized spacial score (nSPS) is 17.3. The number of aliphatic imine (C=N–C) groups is 1. The molecule has 1 fully saturated rings. The molecule has 5 nitrogen and oxygen atoms in total. The van der Waals surface area contributed by atoms with Crippen LogP contribution in [0.2, 0.25) is 0 Å². The summed E-state index contributed by atoms with van der Waals surface area (Å²) in [6.45, 7) is 0.386. The number of esters is 1. The minimum Gasteiger partial charge on any atom is -0.466 e. The van der Waals surface area contributed by atoms with E-state index in [0.29, 0.717) is 16.6 Å². The van der Waals surface area contributed by atoms with Gasteiger partial charge in [-0.25, -0.2) is 9.79 Å². The first-order valence-electron chi connectivity index (χ1n) is 7.64. The Balaban J connectivity index is 1.94. The minimum absolute atomic E-state index is 0.256. The molecule has 126 valence electrons. The molecule has 0 spiro atoms. The molecule has 0 radical (unpaired) electrons. The van der Waals surface area contributed by atoms with Crippen LogP contribution in [0.3, 0.4) is 0 Å². The van der Waals surface area contributed by atoms with Crippen molar-refractivity contribution in [2.45, 2.75) is 6.54 Å². The summed E-state index contributed by atoms with van der Waals surface area (Å²) in [7, 11) is 1.28. The fraction of sp³-hybridized carbons (Fsp3) is 0.105. The molecule has 0 aromatic heterocycles. The van der Waals surface area contributed by atoms with E-state index in [2.05, 4.69) is 9.73 Å². The molecule has 1 aliphatic rings. The number of amides is 1. The smallest absolute Gasteiger partial charge is 0.331 e. The maximum Gasteiger partial charge on any atom is 0.331 e. The number of methoxy groups -OCH3 is 1. The van der Waals surface area contributed by atoms with Crippen molar-refractivity contribution >= 4 is 34.5 Å². The Morgan fingerprint density at radius 3 is 2.40 bits per heavy atom. The number of amidine groups is 1. The molecule has 0 N–H and O–H groups in total. The van der Waals surface area contributed by atoms with Crippen molar-refractivity contribution in [3.05, 3.63) is 77.2 Å². The number of hydrogen-bond donors (Lipinski definition) is 0. The molecular formula is C19H16N2O3S. The van der Waals surface area contributed by atoms with E-state index in [1.165, 1.54) is 24.9 Å². The van der Waals surface area contributed by atoms with E-state index >= 15 is 0 Å². The highest BCUT2D eigenvalue weighted by molar-refractivity contribution is 8.18. The van der Waals surface area contributed by atoms with Crippen LogP contribution in [0.25, 0.3) is 0 Å². The molecule has 25 heavy (non-hydrogen) atoms. The van der Waals surface area contributed by atoms with Crippen molar-refractivity contribution < 1.29 is 14.3 Å². The van der Waals surface area contributed by atoms with Crippen LogP contribution >= 0.6 is 11.8 Å². The SMILES string of the molecule is COC(=O)C=C1SC(=Nc2ccccc2)N(Cc2ccccc2)C1=O. The van der Waals surface area contributed by atoms with Crippen LogP contribution in [0, 0.1) is 0 Å². The largest absolute Gasteiger partial charge is 0.466 e. The molecule has 1 saturated heterocycles. The average Bonchev–Trinajstić information content (AvgIpc) is 2.92. The van der Waals surface area contributed by atoms with E-state index in [-0.39, 0.29) is 5.91 Å². The number of carbonyl (C=O) groups excluding carboxylic acids is 2. The molecule has 0 unspecified atom stereocenters. The van der Waals surface area contributed by atoms with Crippen LogP contribution in [-0.2, 0) is 20.9 Å². The average molecular weight is 352 g/mol. The summed E-state index contributed by atoms with van der Waals surface area (Å²) >= 11 is 1.17. The van der Waals surface area contributed by atoms with Crippen molar-refractivity contribution in [2.75, 3.05) is 7.11 Å². The van der Waals surface area contributed by atoms with Crippen molar-refractivity contribution in [2.24, 2.45) is 4.99 Å². The number of nitrogens with zero attached hydrogens (tertiary/aromatic N) is 2. The highest BCUT2D eigenvalue weighted by Gasteiger charge is 2.34. The van der Waals surface area contributed by atoms with Gasteiger partial charge in [0, 0.05) is 6.08 Å². The van der Waals surface area contributed by atoms with Crippen LogP contribution < -0.4 is 0 Å². The third kappa shape index (κ3) is 4.16. The van der Waals surface area contributed by atoms with Gasteiger partial charge in [-0.2, -0.15) is 0 Å². The summed E-state index contributed by atoms with van der Waals surface area (Å²) in [6, 6.07) is 19.0. The number of hydrogen-bond acceptors (Lipinski definition) is 5. The first-order valence-corrected chi connectivity index (χ1v) is 8.46. The summed E-state index contributed by atoms with van der Waals surface area (Å²) in [6.07, 6.45) is 1.21. The van der Waals surface area contributed by atoms with E-state index in [9.17, 15) is 9.59 Å². The quantitative estimate of drug-likeness (QED) is 0.624.